The number of carbonyl (C=O) groups is 1. The number of nitrogens with one attached hydrogen (secondary N) is 1. The second-order valence-electron chi connectivity index (χ2n) is 5.04. The van der Waals surface area contributed by atoms with E-state index >= 15 is 0 Å². The van der Waals surface area contributed by atoms with Gasteiger partial charge < -0.3 is 0 Å². The summed E-state index contributed by atoms with van der Waals surface area (Å²) in [7, 11) is 0.896. The van der Waals surface area contributed by atoms with E-state index < -0.39 is 0 Å². The molecular weight excluding hydrogens is 253 g/mol. The first-order chi connectivity index (χ1) is 9.76. The van der Waals surface area contributed by atoms with Gasteiger partial charge in [-0.05, 0) is 0 Å². The molecule has 0 amide bonds. The quantitative estimate of drug-likeness (QED) is 0.427. The second kappa shape index (κ2) is 7.34. The van der Waals surface area contributed by atoms with Gasteiger partial charge in [0.25, 0.3) is 0 Å². The fourth-order valence-electron chi connectivity index (χ4n) is 2.19. The summed E-state index contributed by atoms with van der Waals surface area (Å²) in [6.45, 7) is 3.43. The summed E-state index contributed by atoms with van der Waals surface area (Å²) >= 11 is 0. The van der Waals surface area contributed by atoms with Crippen LogP contribution in [0.1, 0.15) is 25.3 Å². The molecule has 0 bridgehead atoms. The first-order valence-corrected chi connectivity index (χ1v) is 7.13. The van der Waals surface area contributed by atoms with Gasteiger partial charge in [-0.15, -0.1) is 0 Å². The normalized spacial score (nSPS) is 18.1. The van der Waals surface area contributed by atoms with Gasteiger partial charge in [-0.2, -0.15) is 0 Å². The van der Waals surface area contributed by atoms with Crippen molar-refractivity contribution in [1.82, 2.24) is 0 Å². The second-order valence-corrected chi connectivity index (χ2v) is 5.04. The van der Waals surface area contributed by atoms with Crippen LogP contribution < -0.4 is 4.74 Å². The summed E-state index contributed by atoms with van der Waals surface area (Å²) in [5, 5.41) is 7.15. The SMILES string of the molecule is CCCCOc1ccccc1C[C@@H](C(=O)B=N)[C@H]1CO1. The number of rotatable bonds is 9. The molecule has 1 aromatic carbocycles. The number of unbranched alkanes of at least 4 members (excludes halogenated alkanes) is 1. The zero-order valence-corrected chi connectivity index (χ0v) is 11.8. The first-order valence-electron chi connectivity index (χ1n) is 7.13. The predicted octanol–water partition coefficient (Wildman–Crippen LogP) is 2.42. The van der Waals surface area contributed by atoms with Gasteiger partial charge in [-0.25, -0.2) is 0 Å². The summed E-state index contributed by atoms with van der Waals surface area (Å²) in [6, 6.07) is 7.80. The van der Waals surface area contributed by atoms with Crippen LogP contribution in [0.5, 0.6) is 5.75 Å². The van der Waals surface area contributed by atoms with Gasteiger partial charge in [-0.1, -0.05) is 0 Å². The monoisotopic (exact) mass is 273 g/mol. The Kier molecular flexibility index (Phi) is 5.47. The van der Waals surface area contributed by atoms with E-state index in [4.69, 9.17) is 14.8 Å². The van der Waals surface area contributed by atoms with Crippen molar-refractivity contribution < 1.29 is 14.3 Å². The molecule has 5 heteroatoms. The Labute approximate surface area is 120 Å². The molecule has 4 nitrogen and oxygen atoms in total. The number of hydrogen-bond donors (Lipinski definition) is 1. The van der Waals surface area contributed by atoms with Crippen molar-refractivity contribution in [3.63, 3.8) is 0 Å². The average molecular weight is 273 g/mol. The molecule has 0 radical (unpaired) electrons. The first kappa shape index (κ1) is 14.9. The molecule has 1 saturated heterocycles. The minimum absolute atomic E-state index is 0.0344. The molecular formula is C15H20BNO3. The van der Waals surface area contributed by atoms with Crippen molar-refractivity contribution in [1.29, 1.82) is 5.31 Å². The van der Waals surface area contributed by atoms with Gasteiger partial charge in [0.15, 0.2) is 0 Å². The van der Waals surface area contributed by atoms with Crippen molar-refractivity contribution in [3.05, 3.63) is 29.8 Å². The molecule has 0 saturated carbocycles. The van der Waals surface area contributed by atoms with Gasteiger partial charge in [0.05, 0.1) is 0 Å². The third-order valence-electron chi connectivity index (χ3n) is 3.48. The number of carbonyl (C=O) groups excluding carboxylic acids is 1. The van der Waals surface area contributed by atoms with E-state index in [1.54, 1.807) is 0 Å². The maximum atomic E-state index is 11.8. The van der Waals surface area contributed by atoms with Gasteiger partial charge in [0.1, 0.15) is 0 Å². The van der Waals surface area contributed by atoms with Crippen LogP contribution in [0.4, 0.5) is 0 Å². The molecule has 1 fully saturated rings. The molecule has 2 atom stereocenters. The molecule has 0 aromatic heterocycles. The minimum atomic E-state index is -0.261. The van der Waals surface area contributed by atoms with Gasteiger partial charge in [-0.3, -0.25) is 0 Å². The van der Waals surface area contributed by atoms with Crippen molar-refractivity contribution >= 4 is 12.8 Å². The standard InChI is InChI=1S/C15H20BNO3/c1-2-3-8-19-13-7-5-4-6-11(13)9-12(14-10-20-14)15(18)16-17/h4-7,12,14,17H,2-3,8-10H2,1H3/t12-,14-/m1/s1. The molecule has 106 valence electrons. The fourth-order valence-corrected chi connectivity index (χ4v) is 2.19. The van der Waals surface area contributed by atoms with E-state index in [2.05, 4.69) is 6.92 Å². The molecule has 1 N–H and O–H groups in total. The van der Waals surface area contributed by atoms with Gasteiger partial charge in [0, 0.05) is 0 Å². The third-order valence-corrected chi connectivity index (χ3v) is 3.48. The fraction of sp³-hybridized carbons (Fsp3) is 0.533. The van der Waals surface area contributed by atoms with E-state index in [1.807, 2.05) is 24.3 Å². The zero-order valence-electron chi connectivity index (χ0n) is 11.8. The van der Waals surface area contributed by atoms with E-state index in [0.29, 0.717) is 19.6 Å². The summed E-state index contributed by atoms with van der Waals surface area (Å²) in [6.07, 6.45) is 2.64. The van der Waals surface area contributed by atoms with Crippen LogP contribution in [-0.2, 0) is 16.0 Å². The van der Waals surface area contributed by atoms with Gasteiger partial charge >= 0.3 is 119 Å². The van der Waals surface area contributed by atoms with Gasteiger partial charge in [0.2, 0.25) is 0 Å². The van der Waals surface area contributed by atoms with Crippen LogP contribution in [0.15, 0.2) is 24.3 Å². The Morgan fingerprint density at radius 1 is 1.55 bits per heavy atom. The molecule has 0 unspecified atom stereocenters. The molecule has 0 aliphatic carbocycles. The third kappa shape index (κ3) is 4.00. The summed E-state index contributed by atoms with van der Waals surface area (Å²) < 4.78 is 11.0. The number of para-hydroxylation sites is 1. The molecule has 2 rings (SSSR count). The number of hydrogen-bond acceptors (Lipinski definition) is 4. The predicted molar refractivity (Wildman–Crippen MR) is 77.3 cm³/mol. The van der Waals surface area contributed by atoms with Crippen LogP contribution in [0.25, 0.3) is 0 Å². The Balaban J connectivity index is 2.06. The molecule has 1 aliphatic heterocycles. The molecule has 20 heavy (non-hydrogen) atoms. The summed E-state index contributed by atoms with van der Waals surface area (Å²) in [5.74, 6) is 0.577. The Bertz CT molecular complexity index is 474. The van der Waals surface area contributed by atoms with Crippen molar-refractivity contribution in [2.75, 3.05) is 13.2 Å². The van der Waals surface area contributed by atoms with E-state index in [-0.39, 0.29) is 17.7 Å². The number of epoxide rings is 1. The Hall–Kier alpha value is -1.49. The molecule has 1 aliphatic rings. The van der Waals surface area contributed by atoms with Crippen LogP contribution in [-0.4, -0.2) is 32.1 Å². The Morgan fingerprint density at radius 2 is 2.30 bits per heavy atom. The summed E-state index contributed by atoms with van der Waals surface area (Å²) in [5.41, 5.74) is 0.843. The average Bonchev–Trinajstić information content (AvgIpc) is 3.30. The maximum absolute atomic E-state index is 11.8. The van der Waals surface area contributed by atoms with E-state index in [0.717, 1.165) is 31.2 Å². The number of ether oxygens (including phenoxy) is 2. The van der Waals surface area contributed by atoms with Crippen molar-refractivity contribution in [2.45, 2.75) is 32.3 Å². The molecule has 0 spiro atoms. The molecule has 1 aromatic rings. The van der Waals surface area contributed by atoms with Crippen LogP contribution in [0.3, 0.4) is 0 Å². The van der Waals surface area contributed by atoms with E-state index in [1.165, 1.54) is 0 Å². The molecule has 1 heterocycles. The zero-order chi connectivity index (χ0) is 14.4. The van der Waals surface area contributed by atoms with Crippen LogP contribution in [0, 0.1) is 11.2 Å². The topological polar surface area (TPSA) is 62.7 Å². The van der Waals surface area contributed by atoms with Crippen molar-refractivity contribution in [3.8, 4) is 5.75 Å². The van der Waals surface area contributed by atoms with E-state index in [9.17, 15) is 4.79 Å². The van der Waals surface area contributed by atoms with Crippen LogP contribution >= 0.6 is 0 Å². The summed E-state index contributed by atoms with van der Waals surface area (Å²) in [4.78, 5) is 11.8. The van der Waals surface area contributed by atoms with Crippen molar-refractivity contribution in [2.24, 2.45) is 5.92 Å². The Morgan fingerprint density at radius 3 is 2.95 bits per heavy atom. The number of benzene rings is 1. The van der Waals surface area contributed by atoms with Crippen LogP contribution in [0.2, 0.25) is 0 Å².